The molecule has 1 aromatic carbocycles. The van der Waals surface area contributed by atoms with E-state index in [1.54, 1.807) is 0 Å². The third kappa shape index (κ3) is 3.35. The lowest BCUT2D eigenvalue weighted by molar-refractivity contribution is -0.156. The largest absolute Gasteiger partial charge is 0.459 e. The number of ether oxygens (including phenoxy) is 3. The first-order valence-corrected chi connectivity index (χ1v) is 7.41. The van der Waals surface area contributed by atoms with E-state index in [0.717, 1.165) is 9.13 Å². The van der Waals surface area contributed by atoms with Gasteiger partial charge in [-0.2, -0.15) is 0 Å². The van der Waals surface area contributed by atoms with Crippen molar-refractivity contribution in [3.05, 3.63) is 21.3 Å². The number of halogens is 1. The van der Waals surface area contributed by atoms with Crippen molar-refractivity contribution in [3.63, 3.8) is 0 Å². The number of hydrogen-bond donors (Lipinski definition) is 1. The minimum absolute atomic E-state index is 0.185. The molecular weight excluding hydrogens is 373 g/mol. The van der Waals surface area contributed by atoms with Crippen LogP contribution >= 0.6 is 22.6 Å². The predicted octanol–water partition coefficient (Wildman–Crippen LogP) is 2.40. The fraction of sp³-hybridized carbons (Fsp3) is 0.500. The van der Waals surface area contributed by atoms with E-state index in [2.05, 4.69) is 22.6 Å². The Morgan fingerprint density at radius 1 is 1.40 bits per heavy atom. The Morgan fingerprint density at radius 2 is 2.00 bits per heavy atom. The summed E-state index contributed by atoms with van der Waals surface area (Å²) in [6, 6.07) is 3.66. The van der Waals surface area contributed by atoms with Crippen LogP contribution in [0.4, 0.5) is 0 Å². The lowest BCUT2D eigenvalue weighted by atomic mass is 9.98. The average Bonchev–Trinajstić information content (AvgIpc) is 2.74. The van der Waals surface area contributed by atoms with E-state index in [9.17, 15) is 4.79 Å². The van der Waals surface area contributed by atoms with Gasteiger partial charge in [-0.05, 0) is 61.1 Å². The lowest BCUT2D eigenvalue weighted by Crippen LogP contribution is -2.31. The molecular formula is C14H18INO4. The van der Waals surface area contributed by atoms with Gasteiger partial charge in [0.15, 0.2) is 11.5 Å². The van der Waals surface area contributed by atoms with Gasteiger partial charge in [0.1, 0.15) is 5.60 Å². The number of rotatable bonds is 3. The van der Waals surface area contributed by atoms with Gasteiger partial charge in [0.05, 0.1) is 5.92 Å². The number of benzene rings is 1. The third-order valence-electron chi connectivity index (χ3n) is 2.79. The zero-order valence-corrected chi connectivity index (χ0v) is 13.9. The maximum absolute atomic E-state index is 12.3. The molecule has 1 heterocycles. The van der Waals surface area contributed by atoms with E-state index in [-0.39, 0.29) is 19.3 Å². The molecule has 0 spiro atoms. The number of esters is 1. The molecule has 2 N–H and O–H groups in total. The molecule has 0 saturated carbocycles. The molecule has 0 saturated heterocycles. The molecule has 110 valence electrons. The molecule has 0 fully saturated rings. The minimum Gasteiger partial charge on any atom is -0.459 e. The summed E-state index contributed by atoms with van der Waals surface area (Å²) in [4.78, 5) is 12.3. The van der Waals surface area contributed by atoms with Crippen LogP contribution in [0.25, 0.3) is 0 Å². The molecule has 1 aromatic rings. The van der Waals surface area contributed by atoms with Crippen molar-refractivity contribution in [1.29, 1.82) is 0 Å². The highest BCUT2D eigenvalue weighted by Gasteiger charge is 2.29. The predicted molar refractivity (Wildman–Crippen MR) is 82.9 cm³/mol. The molecule has 1 atom stereocenters. The van der Waals surface area contributed by atoms with Crippen LogP contribution in [0.3, 0.4) is 0 Å². The molecule has 0 aromatic heterocycles. The van der Waals surface area contributed by atoms with Gasteiger partial charge in [0, 0.05) is 10.1 Å². The van der Waals surface area contributed by atoms with Crippen molar-refractivity contribution in [1.82, 2.24) is 0 Å². The third-order valence-corrected chi connectivity index (χ3v) is 3.73. The van der Waals surface area contributed by atoms with E-state index in [1.165, 1.54) is 0 Å². The second-order valence-electron chi connectivity index (χ2n) is 5.55. The van der Waals surface area contributed by atoms with Crippen LogP contribution in [0.15, 0.2) is 12.1 Å². The van der Waals surface area contributed by atoms with E-state index >= 15 is 0 Å². The topological polar surface area (TPSA) is 70.8 Å². The van der Waals surface area contributed by atoms with Crippen LogP contribution in [0, 0.1) is 3.57 Å². The highest BCUT2D eigenvalue weighted by Crippen LogP contribution is 2.38. The van der Waals surface area contributed by atoms with Crippen molar-refractivity contribution >= 4 is 28.6 Å². The molecule has 0 bridgehead atoms. The number of carbonyl (C=O) groups is 1. The maximum atomic E-state index is 12.3. The summed E-state index contributed by atoms with van der Waals surface area (Å²) in [5, 5.41) is 0. The molecule has 0 aliphatic carbocycles. The first kappa shape index (κ1) is 15.4. The standard InChI is InChI=1S/C14H18INO4/c1-14(2,3)20-13(17)9(6-16)8-4-11-12(5-10(8)15)19-7-18-11/h4-5,9H,6-7,16H2,1-3H3. The second-order valence-corrected chi connectivity index (χ2v) is 6.71. The molecule has 1 aliphatic heterocycles. The molecule has 2 rings (SSSR count). The summed E-state index contributed by atoms with van der Waals surface area (Å²) in [7, 11) is 0. The number of hydrogen-bond acceptors (Lipinski definition) is 5. The molecule has 5 nitrogen and oxygen atoms in total. The molecule has 0 amide bonds. The minimum atomic E-state index is -0.535. The van der Waals surface area contributed by atoms with Gasteiger partial charge in [-0.1, -0.05) is 0 Å². The smallest absolute Gasteiger partial charge is 0.315 e. The number of carbonyl (C=O) groups excluding carboxylic acids is 1. The number of fused-ring (bicyclic) bond motifs is 1. The van der Waals surface area contributed by atoms with Gasteiger partial charge in [-0.3, -0.25) is 4.79 Å². The highest BCUT2D eigenvalue weighted by atomic mass is 127. The summed E-state index contributed by atoms with van der Waals surface area (Å²) < 4.78 is 17.0. The normalized spacial score (nSPS) is 15.1. The van der Waals surface area contributed by atoms with E-state index in [0.29, 0.717) is 11.5 Å². The first-order valence-electron chi connectivity index (χ1n) is 6.34. The van der Waals surface area contributed by atoms with E-state index < -0.39 is 11.5 Å². The van der Waals surface area contributed by atoms with Crippen LogP contribution in [-0.2, 0) is 9.53 Å². The highest BCUT2D eigenvalue weighted by molar-refractivity contribution is 14.1. The quantitative estimate of drug-likeness (QED) is 0.633. The van der Waals surface area contributed by atoms with Crippen LogP contribution in [0.1, 0.15) is 32.3 Å². The fourth-order valence-corrected chi connectivity index (χ4v) is 2.74. The Balaban J connectivity index is 2.30. The molecule has 1 unspecified atom stereocenters. The maximum Gasteiger partial charge on any atom is 0.315 e. The van der Waals surface area contributed by atoms with E-state index in [4.69, 9.17) is 19.9 Å². The van der Waals surface area contributed by atoms with Crippen LogP contribution < -0.4 is 15.2 Å². The zero-order chi connectivity index (χ0) is 14.9. The summed E-state index contributed by atoms with van der Waals surface area (Å²) in [5.41, 5.74) is 6.04. The Morgan fingerprint density at radius 3 is 2.55 bits per heavy atom. The Bertz CT molecular complexity index is 525. The van der Waals surface area contributed by atoms with Crippen molar-refractivity contribution < 1.29 is 19.0 Å². The monoisotopic (exact) mass is 391 g/mol. The molecule has 20 heavy (non-hydrogen) atoms. The van der Waals surface area contributed by atoms with Crippen molar-refractivity contribution in [3.8, 4) is 11.5 Å². The first-order chi connectivity index (χ1) is 9.31. The lowest BCUT2D eigenvalue weighted by Gasteiger charge is -2.24. The summed E-state index contributed by atoms with van der Waals surface area (Å²) in [5.74, 6) is 0.507. The van der Waals surface area contributed by atoms with Crippen molar-refractivity contribution in [2.45, 2.75) is 32.3 Å². The van der Waals surface area contributed by atoms with Gasteiger partial charge in [-0.25, -0.2) is 0 Å². The summed E-state index contributed by atoms with van der Waals surface area (Å²) in [6.07, 6.45) is 0. The fourth-order valence-electron chi connectivity index (χ4n) is 1.92. The van der Waals surface area contributed by atoms with E-state index in [1.807, 2.05) is 32.9 Å². The average molecular weight is 391 g/mol. The Hall–Kier alpha value is -1.02. The SMILES string of the molecule is CC(C)(C)OC(=O)C(CN)c1cc2c(cc1I)OCO2. The molecule has 6 heteroatoms. The Kier molecular flexibility index (Phi) is 4.43. The van der Waals surface area contributed by atoms with Crippen molar-refractivity contribution in [2.75, 3.05) is 13.3 Å². The molecule has 1 aliphatic rings. The van der Waals surface area contributed by atoms with Gasteiger partial charge in [0.25, 0.3) is 0 Å². The van der Waals surface area contributed by atoms with Gasteiger partial charge < -0.3 is 19.9 Å². The number of nitrogens with two attached hydrogens (primary N) is 1. The van der Waals surface area contributed by atoms with Gasteiger partial charge in [0.2, 0.25) is 6.79 Å². The van der Waals surface area contributed by atoms with Crippen LogP contribution in [-0.4, -0.2) is 24.9 Å². The summed E-state index contributed by atoms with van der Waals surface area (Å²) in [6.45, 7) is 5.90. The summed E-state index contributed by atoms with van der Waals surface area (Å²) >= 11 is 2.16. The Labute approximate surface area is 131 Å². The van der Waals surface area contributed by atoms with Crippen LogP contribution in [0.2, 0.25) is 0 Å². The van der Waals surface area contributed by atoms with Gasteiger partial charge in [-0.15, -0.1) is 0 Å². The zero-order valence-electron chi connectivity index (χ0n) is 11.7. The van der Waals surface area contributed by atoms with Crippen LogP contribution in [0.5, 0.6) is 11.5 Å². The van der Waals surface area contributed by atoms with Gasteiger partial charge >= 0.3 is 5.97 Å². The van der Waals surface area contributed by atoms with Crippen molar-refractivity contribution in [2.24, 2.45) is 5.73 Å². The second kappa shape index (κ2) is 5.77. The molecule has 0 radical (unpaired) electrons.